The summed E-state index contributed by atoms with van der Waals surface area (Å²) in [5, 5.41) is 6.07. The minimum Gasteiger partial charge on any atom is -0.333 e. The normalized spacial score (nSPS) is 12.0. The van der Waals surface area contributed by atoms with Crippen molar-refractivity contribution in [2.45, 2.75) is 19.9 Å². The Morgan fingerprint density at radius 2 is 1.86 bits per heavy atom. The molecule has 0 unspecified atom stereocenters. The van der Waals surface area contributed by atoms with Crippen molar-refractivity contribution in [1.82, 2.24) is 0 Å². The van der Waals surface area contributed by atoms with Crippen LogP contribution in [-0.2, 0) is 4.79 Å². The lowest BCUT2D eigenvalue weighted by Gasteiger charge is -2.12. The van der Waals surface area contributed by atoms with Crippen molar-refractivity contribution in [3.05, 3.63) is 63.6 Å². The van der Waals surface area contributed by atoms with Gasteiger partial charge >= 0.3 is 0 Å². The van der Waals surface area contributed by atoms with Crippen LogP contribution in [0.15, 0.2) is 42.5 Å². The van der Waals surface area contributed by atoms with Gasteiger partial charge in [0.25, 0.3) is 5.91 Å². The lowest BCUT2D eigenvalue weighted by atomic mass is 10.1. The average Bonchev–Trinajstić information content (AvgIpc) is 2.48. The molecule has 5 heteroatoms. The zero-order chi connectivity index (χ0) is 16.1. The SMILES string of the molecule is Cc1ccc(NC(=O)C[NH2+][C@H](C)c2ccc(Cl)cc2)c(Cl)c1. The summed E-state index contributed by atoms with van der Waals surface area (Å²) in [6.07, 6.45) is 0. The molecule has 0 aliphatic heterocycles. The Kier molecular flexibility index (Phi) is 5.83. The second-order valence-electron chi connectivity index (χ2n) is 5.31. The summed E-state index contributed by atoms with van der Waals surface area (Å²) in [7, 11) is 0. The molecule has 1 atom stereocenters. The van der Waals surface area contributed by atoms with Gasteiger partial charge in [-0.05, 0) is 43.7 Å². The van der Waals surface area contributed by atoms with E-state index in [9.17, 15) is 4.79 Å². The first kappa shape index (κ1) is 16.8. The van der Waals surface area contributed by atoms with Crippen molar-refractivity contribution in [2.75, 3.05) is 11.9 Å². The Bertz CT molecular complexity index is 656. The van der Waals surface area contributed by atoms with Crippen molar-refractivity contribution in [2.24, 2.45) is 0 Å². The summed E-state index contributed by atoms with van der Waals surface area (Å²) in [6.45, 7) is 4.34. The maximum Gasteiger partial charge on any atom is 0.279 e. The topological polar surface area (TPSA) is 45.7 Å². The molecule has 2 aromatic rings. The number of carbonyl (C=O) groups excluding carboxylic acids is 1. The summed E-state index contributed by atoms with van der Waals surface area (Å²) in [5.74, 6) is -0.0773. The number of nitrogens with two attached hydrogens (primary N) is 1. The summed E-state index contributed by atoms with van der Waals surface area (Å²) in [5.41, 5.74) is 2.83. The van der Waals surface area contributed by atoms with Crippen LogP contribution in [0, 0.1) is 6.92 Å². The molecule has 0 aromatic heterocycles. The van der Waals surface area contributed by atoms with E-state index in [-0.39, 0.29) is 11.9 Å². The first-order valence-corrected chi connectivity index (χ1v) is 7.86. The third kappa shape index (κ3) is 4.73. The Balaban J connectivity index is 1.88. The van der Waals surface area contributed by atoms with E-state index in [2.05, 4.69) is 12.2 Å². The molecule has 0 saturated carbocycles. The number of hydrogen-bond donors (Lipinski definition) is 2. The fourth-order valence-electron chi connectivity index (χ4n) is 2.11. The summed E-state index contributed by atoms with van der Waals surface area (Å²) in [4.78, 5) is 12.0. The molecule has 2 rings (SSSR count). The van der Waals surface area contributed by atoms with Gasteiger partial charge in [0.15, 0.2) is 6.54 Å². The monoisotopic (exact) mass is 337 g/mol. The maximum absolute atomic E-state index is 12.0. The van der Waals surface area contributed by atoms with Crippen LogP contribution in [0.5, 0.6) is 0 Å². The quantitative estimate of drug-likeness (QED) is 0.860. The number of rotatable bonds is 5. The van der Waals surface area contributed by atoms with Crippen LogP contribution in [0.25, 0.3) is 0 Å². The highest BCUT2D eigenvalue weighted by atomic mass is 35.5. The van der Waals surface area contributed by atoms with Gasteiger partial charge in [-0.2, -0.15) is 0 Å². The fourth-order valence-corrected chi connectivity index (χ4v) is 2.52. The summed E-state index contributed by atoms with van der Waals surface area (Å²) >= 11 is 12.0. The molecule has 116 valence electrons. The number of aryl methyl sites for hydroxylation is 1. The Morgan fingerprint density at radius 1 is 1.18 bits per heavy atom. The number of quaternary nitrogens is 1. The van der Waals surface area contributed by atoms with Crippen LogP contribution < -0.4 is 10.6 Å². The third-order valence-corrected chi connectivity index (χ3v) is 4.02. The molecule has 22 heavy (non-hydrogen) atoms. The van der Waals surface area contributed by atoms with Gasteiger partial charge < -0.3 is 10.6 Å². The summed E-state index contributed by atoms with van der Waals surface area (Å²) < 4.78 is 0. The molecule has 3 N–H and O–H groups in total. The number of benzene rings is 2. The van der Waals surface area contributed by atoms with Crippen LogP contribution in [0.3, 0.4) is 0 Å². The van der Waals surface area contributed by atoms with E-state index >= 15 is 0 Å². The molecule has 0 radical (unpaired) electrons. The van der Waals surface area contributed by atoms with Crippen LogP contribution >= 0.6 is 23.2 Å². The zero-order valence-electron chi connectivity index (χ0n) is 12.6. The van der Waals surface area contributed by atoms with Crippen molar-refractivity contribution in [3.8, 4) is 0 Å². The van der Waals surface area contributed by atoms with E-state index in [1.165, 1.54) is 0 Å². The van der Waals surface area contributed by atoms with E-state index in [4.69, 9.17) is 23.2 Å². The molecule has 3 nitrogen and oxygen atoms in total. The smallest absolute Gasteiger partial charge is 0.279 e. The van der Waals surface area contributed by atoms with Crippen molar-refractivity contribution in [1.29, 1.82) is 0 Å². The average molecular weight is 338 g/mol. The molecule has 1 amide bonds. The van der Waals surface area contributed by atoms with Gasteiger partial charge in [0, 0.05) is 10.6 Å². The first-order valence-electron chi connectivity index (χ1n) is 7.10. The number of halogens is 2. The van der Waals surface area contributed by atoms with Gasteiger partial charge in [-0.15, -0.1) is 0 Å². The molecular weight excluding hydrogens is 319 g/mol. The van der Waals surface area contributed by atoms with Gasteiger partial charge in [-0.25, -0.2) is 0 Å². The minimum atomic E-state index is -0.0773. The highest BCUT2D eigenvalue weighted by molar-refractivity contribution is 6.33. The number of hydrogen-bond acceptors (Lipinski definition) is 1. The number of carbonyl (C=O) groups is 1. The minimum absolute atomic E-state index is 0.0773. The van der Waals surface area contributed by atoms with Crippen molar-refractivity contribution in [3.63, 3.8) is 0 Å². The Labute approximate surface area is 140 Å². The molecule has 0 fully saturated rings. The molecular formula is C17H19Cl2N2O+. The molecule has 2 aromatic carbocycles. The molecule has 0 aliphatic carbocycles. The molecule has 0 spiro atoms. The van der Waals surface area contributed by atoms with Crippen LogP contribution in [0.1, 0.15) is 24.1 Å². The van der Waals surface area contributed by atoms with E-state index in [1.54, 1.807) is 0 Å². The van der Waals surface area contributed by atoms with Crippen LogP contribution in [0.4, 0.5) is 5.69 Å². The number of amides is 1. The van der Waals surface area contributed by atoms with Crippen LogP contribution in [-0.4, -0.2) is 12.5 Å². The molecule has 0 heterocycles. The molecule has 0 aliphatic rings. The van der Waals surface area contributed by atoms with Gasteiger partial charge in [-0.3, -0.25) is 4.79 Å². The highest BCUT2D eigenvalue weighted by Crippen LogP contribution is 2.22. The zero-order valence-corrected chi connectivity index (χ0v) is 14.1. The molecule has 0 bridgehead atoms. The number of nitrogens with one attached hydrogen (secondary N) is 1. The number of anilines is 1. The van der Waals surface area contributed by atoms with Gasteiger partial charge in [-0.1, -0.05) is 41.4 Å². The fraction of sp³-hybridized carbons (Fsp3) is 0.235. The predicted octanol–water partition coefficient (Wildman–Crippen LogP) is 3.56. The van der Waals surface area contributed by atoms with E-state index in [0.717, 1.165) is 11.1 Å². The second-order valence-corrected chi connectivity index (χ2v) is 6.16. The Hall–Kier alpha value is -1.55. The van der Waals surface area contributed by atoms with E-state index in [0.29, 0.717) is 22.3 Å². The van der Waals surface area contributed by atoms with Crippen LogP contribution in [0.2, 0.25) is 10.0 Å². The first-order chi connectivity index (χ1) is 10.5. The van der Waals surface area contributed by atoms with Crippen molar-refractivity contribution >= 4 is 34.8 Å². The third-order valence-electron chi connectivity index (χ3n) is 3.45. The van der Waals surface area contributed by atoms with Gasteiger partial charge in [0.1, 0.15) is 6.04 Å². The standard InChI is InChI=1S/C17H18Cl2N2O/c1-11-3-8-16(15(19)9-11)21-17(22)10-20-12(2)13-4-6-14(18)7-5-13/h3-9,12,20H,10H2,1-2H3,(H,21,22)/p+1/t12-/m1/s1. The largest absolute Gasteiger partial charge is 0.333 e. The predicted molar refractivity (Wildman–Crippen MR) is 91.5 cm³/mol. The Morgan fingerprint density at radius 3 is 2.50 bits per heavy atom. The van der Waals surface area contributed by atoms with Gasteiger partial charge in [0.05, 0.1) is 10.7 Å². The summed E-state index contributed by atoms with van der Waals surface area (Å²) in [6, 6.07) is 13.4. The lowest BCUT2D eigenvalue weighted by Crippen LogP contribution is -2.86. The lowest BCUT2D eigenvalue weighted by molar-refractivity contribution is -0.682. The van der Waals surface area contributed by atoms with E-state index in [1.807, 2.05) is 54.7 Å². The van der Waals surface area contributed by atoms with E-state index < -0.39 is 0 Å². The van der Waals surface area contributed by atoms with Crippen molar-refractivity contribution < 1.29 is 10.1 Å². The van der Waals surface area contributed by atoms with Gasteiger partial charge in [0.2, 0.25) is 0 Å². The highest BCUT2D eigenvalue weighted by Gasteiger charge is 2.12. The maximum atomic E-state index is 12.0. The molecule has 0 saturated heterocycles. The second kappa shape index (κ2) is 7.63.